The molecule has 8 rings (SSSR count). The van der Waals surface area contributed by atoms with Crippen LogP contribution in [0.15, 0.2) is 144 Å². The molecule has 1 aromatic heterocycles. The number of hydrogen-bond acceptors (Lipinski definition) is 2. The van der Waals surface area contributed by atoms with Gasteiger partial charge in [-0.25, -0.2) is 0 Å². The van der Waals surface area contributed by atoms with E-state index < -0.39 is 0 Å². The van der Waals surface area contributed by atoms with E-state index in [0.717, 1.165) is 39.0 Å². The second-order valence-electron chi connectivity index (χ2n) is 10.8. The zero-order valence-corrected chi connectivity index (χ0v) is 23.3. The normalized spacial score (nSPS) is 15.7. The molecule has 41 heavy (non-hydrogen) atoms. The van der Waals surface area contributed by atoms with E-state index in [1.54, 1.807) is 0 Å². The fourth-order valence-electron chi connectivity index (χ4n) is 6.80. The van der Waals surface area contributed by atoms with Gasteiger partial charge >= 0.3 is 0 Å². The quantitative estimate of drug-likeness (QED) is 0.218. The first-order valence-electron chi connectivity index (χ1n) is 13.9. The number of halogens is 1. The average Bonchev–Trinajstić information content (AvgIpc) is 3.53. The van der Waals surface area contributed by atoms with Crippen LogP contribution in [0.5, 0.6) is 0 Å². The van der Waals surface area contributed by atoms with Crippen LogP contribution in [0.25, 0.3) is 33.1 Å². The molecular formula is C38H26ClNO. The summed E-state index contributed by atoms with van der Waals surface area (Å²) in [5, 5.41) is 2.86. The van der Waals surface area contributed by atoms with Crippen molar-refractivity contribution in [2.24, 2.45) is 0 Å². The molecule has 0 N–H and O–H groups in total. The predicted molar refractivity (Wildman–Crippen MR) is 171 cm³/mol. The van der Waals surface area contributed by atoms with Crippen LogP contribution in [0.2, 0.25) is 5.02 Å². The topological polar surface area (TPSA) is 16.4 Å². The highest BCUT2D eigenvalue weighted by Crippen LogP contribution is 2.57. The van der Waals surface area contributed by atoms with Gasteiger partial charge in [0.15, 0.2) is 0 Å². The van der Waals surface area contributed by atoms with Crippen molar-refractivity contribution < 1.29 is 4.42 Å². The fourth-order valence-corrected chi connectivity index (χ4v) is 6.99. The predicted octanol–water partition coefficient (Wildman–Crippen LogP) is 11.0. The van der Waals surface area contributed by atoms with Gasteiger partial charge in [0.25, 0.3) is 0 Å². The summed E-state index contributed by atoms with van der Waals surface area (Å²) in [6.45, 7) is 2.36. The Morgan fingerprint density at radius 2 is 1.29 bits per heavy atom. The molecule has 0 bridgehead atoms. The Bertz CT molecular complexity index is 2090. The summed E-state index contributed by atoms with van der Waals surface area (Å²) in [4.78, 5) is 2.36. The Hall–Kier alpha value is -4.79. The van der Waals surface area contributed by atoms with Gasteiger partial charge in [0.05, 0.1) is 16.8 Å². The Morgan fingerprint density at radius 1 is 0.610 bits per heavy atom. The van der Waals surface area contributed by atoms with Crippen molar-refractivity contribution in [3.05, 3.63) is 161 Å². The number of hydrogen-bond donors (Lipinski definition) is 0. The van der Waals surface area contributed by atoms with Crippen LogP contribution in [0.4, 0.5) is 17.1 Å². The molecule has 1 aliphatic rings. The summed E-state index contributed by atoms with van der Waals surface area (Å²) in [5.74, 6) is 0. The molecule has 0 amide bonds. The molecule has 0 saturated carbocycles. The van der Waals surface area contributed by atoms with Crippen molar-refractivity contribution in [2.45, 2.75) is 12.3 Å². The molecule has 1 atom stereocenters. The third kappa shape index (κ3) is 3.51. The van der Waals surface area contributed by atoms with E-state index >= 15 is 0 Å². The molecule has 0 aliphatic heterocycles. The van der Waals surface area contributed by atoms with E-state index in [0.29, 0.717) is 5.02 Å². The molecule has 196 valence electrons. The van der Waals surface area contributed by atoms with E-state index in [9.17, 15) is 0 Å². The van der Waals surface area contributed by atoms with Gasteiger partial charge in [-0.3, -0.25) is 0 Å². The van der Waals surface area contributed by atoms with Crippen molar-refractivity contribution in [1.29, 1.82) is 0 Å². The summed E-state index contributed by atoms with van der Waals surface area (Å²) < 4.78 is 6.34. The maximum atomic E-state index is 6.65. The highest BCUT2D eigenvalue weighted by molar-refractivity contribution is 6.31. The zero-order valence-electron chi connectivity index (χ0n) is 22.5. The second kappa shape index (κ2) is 9.12. The lowest BCUT2D eigenvalue weighted by molar-refractivity contribution is 0.669. The van der Waals surface area contributed by atoms with Gasteiger partial charge in [-0.15, -0.1) is 0 Å². The number of nitrogens with zero attached hydrogens (tertiary/aromatic N) is 1. The zero-order chi connectivity index (χ0) is 27.6. The standard InChI is InChI=1S/C38H26ClNO/c1-38(25-12-3-2-4-13-25)31-19-7-5-16-28(31)29-18-10-21-33(37(29)38)40(27-15-9-14-26(39)24-27)32-20-11-23-35-36(32)30-17-6-8-22-34(30)41-35/h2-24H,1H3. The Labute approximate surface area is 244 Å². The van der Waals surface area contributed by atoms with Gasteiger partial charge in [-0.2, -0.15) is 0 Å². The molecule has 1 heterocycles. The Kier molecular flexibility index (Phi) is 5.35. The molecule has 7 aromatic rings. The van der Waals surface area contributed by atoms with Gasteiger partial charge in [0, 0.05) is 21.5 Å². The first-order valence-corrected chi connectivity index (χ1v) is 14.3. The molecule has 0 saturated heterocycles. The lowest BCUT2D eigenvalue weighted by atomic mass is 9.73. The molecule has 0 fully saturated rings. The van der Waals surface area contributed by atoms with Crippen molar-refractivity contribution in [1.82, 2.24) is 0 Å². The van der Waals surface area contributed by atoms with Crippen LogP contribution in [-0.2, 0) is 5.41 Å². The summed E-state index contributed by atoms with van der Waals surface area (Å²) in [5.41, 5.74) is 10.9. The van der Waals surface area contributed by atoms with Crippen LogP contribution in [0.1, 0.15) is 23.6 Å². The Balaban J connectivity index is 1.50. The minimum absolute atomic E-state index is 0.368. The van der Waals surface area contributed by atoms with E-state index in [4.69, 9.17) is 16.0 Å². The molecule has 1 unspecified atom stereocenters. The SMILES string of the molecule is CC1(c2ccccc2)c2ccccc2-c2cccc(N(c3cccc(Cl)c3)c3cccc4oc5ccccc5c34)c21. The molecular weight excluding hydrogens is 522 g/mol. The van der Waals surface area contributed by atoms with Gasteiger partial charge in [0.1, 0.15) is 11.2 Å². The highest BCUT2D eigenvalue weighted by atomic mass is 35.5. The fraction of sp³-hybridized carbons (Fsp3) is 0.0526. The lowest BCUT2D eigenvalue weighted by Crippen LogP contribution is -2.25. The summed E-state index contributed by atoms with van der Waals surface area (Å²) in [6, 6.07) is 49.0. The first-order chi connectivity index (χ1) is 20.1. The van der Waals surface area contributed by atoms with Gasteiger partial charge in [0.2, 0.25) is 0 Å². The highest BCUT2D eigenvalue weighted by Gasteiger charge is 2.43. The van der Waals surface area contributed by atoms with Gasteiger partial charge in [-0.05, 0) is 77.2 Å². The Morgan fingerprint density at radius 3 is 2.17 bits per heavy atom. The van der Waals surface area contributed by atoms with E-state index in [1.807, 2.05) is 36.4 Å². The molecule has 6 aromatic carbocycles. The summed E-state index contributed by atoms with van der Waals surface area (Å²) in [6.07, 6.45) is 0. The van der Waals surface area contributed by atoms with Crippen LogP contribution < -0.4 is 4.90 Å². The molecule has 1 aliphatic carbocycles. The number of anilines is 3. The maximum Gasteiger partial charge on any atom is 0.137 e. The summed E-state index contributed by atoms with van der Waals surface area (Å²) >= 11 is 6.65. The molecule has 0 spiro atoms. The smallest absolute Gasteiger partial charge is 0.137 e. The van der Waals surface area contributed by atoms with E-state index in [2.05, 4.69) is 115 Å². The largest absolute Gasteiger partial charge is 0.456 e. The maximum absolute atomic E-state index is 6.65. The number of fused-ring (bicyclic) bond motifs is 6. The minimum Gasteiger partial charge on any atom is -0.456 e. The average molecular weight is 548 g/mol. The van der Waals surface area contributed by atoms with Crippen molar-refractivity contribution in [3.8, 4) is 11.1 Å². The van der Waals surface area contributed by atoms with Crippen molar-refractivity contribution in [2.75, 3.05) is 4.90 Å². The number of benzene rings is 6. The monoisotopic (exact) mass is 547 g/mol. The lowest BCUT2D eigenvalue weighted by Gasteiger charge is -2.35. The van der Waals surface area contributed by atoms with Crippen LogP contribution >= 0.6 is 11.6 Å². The third-order valence-electron chi connectivity index (χ3n) is 8.58. The van der Waals surface area contributed by atoms with Crippen LogP contribution in [0, 0.1) is 0 Å². The van der Waals surface area contributed by atoms with Crippen molar-refractivity contribution in [3.63, 3.8) is 0 Å². The third-order valence-corrected chi connectivity index (χ3v) is 8.81. The van der Waals surface area contributed by atoms with E-state index in [-0.39, 0.29) is 5.41 Å². The first kappa shape index (κ1) is 24.0. The van der Waals surface area contributed by atoms with Gasteiger partial charge < -0.3 is 9.32 Å². The minimum atomic E-state index is -0.368. The number of rotatable bonds is 4. The summed E-state index contributed by atoms with van der Waals surface area (Å²) in [7, 11) is 0. The van der Waals surface area contributed by atoms with Crippen molar-refractivity contribution >= 4 is 50.6 Å². The molecule has 0 radical (unpaired) electrons. The number of para-hydroxylation sites is 1. The number of furan rings is 1. The van der Waals surface area contributed by atoms with Gasteiger partial charge in [-0.1, -0.05) is 109 Å². The van der Waals surface area contributed by atoms with Crippen LogP contribution in [-0.4, -0.2) is 0 Å². The van der Waals surface area contributed by atoms with E-state index in [1.165, 1.54) is 27.8 Å². The second-order valence-corrected chi connectivity index (χ2v) is 11.2. The molecule has 2 nitrogen and oxygen atoms in total. The van der Waals surface area contributed by atoms with Crippen LogP contribution in [0.3, 0.4) is 0 Å². The molecule has 3 heteroatoms.